The Labute approximate surface area is 178 Å². The highest BCUT2D eigenvalue weighted by Gasteiger charge is 2.40. The van der Waals surface area contributed by atoms with Crippen molar-refractivity contribution in [3.63, 3.8) is 0 Å². The third-order valence-electron chi connectivity index (χ3n) is 5.32. The number of nitrogens with two attached hydrogens (primary N) is 1. The van der Waals surface area contributed by atoms with E-state index in [1.54, 1.807) is 0 Å². The first-order valence-corrected chi connectivity index (χ1v) is 9.69. The maximum absolute atomic E-state index is 5.96. The zero-order valence-corrected chi connectivity index (χ0v) is 17.3. The summed E-state index contributed by atoms with van der Waals surface area (Å²) in [5.41, 5.74) is 10.2. The summed E-state index contributed by atoms with van der Waals surface area (Å²) in [7, 11) is 0. The molecule has 0 atom stereocenters. The number of hydrogen-bond donors (Lipinski definition) is 1. The van der Waals surface area contributed by atoms with Crippen molar-refractivity contribution in [2.75, 3.05) is 6.54 Å². The fraction of sp³-hybridized carbons (Fsp3) is 0.160. The molecule has 0 spiro atoms. The number of nitrogens with zero attached hydrogens (tertiary/aromatic N) is 2. The molecule has 0 bridgehead atoms. The molecule has 2 N–H and O–H groups in total. The Balaban J connectivity index is 0.00000240. The van der Waals surface area contributed by atoms with Crippen molar-refractivity contribution in [2.45, 2.75) is 18.9 Å². The van der Waals surface area contributed by atoms with E-state index in [4.69, 9.17) is 5.73 Å². The second-order valence-corrected chi connectivity index (χ2v) is 6.98. The Morgan fingerprint density at radius 2 is 1.17 bits per heavy atom. The summed E-state index contributed by atoms with van der Waals surface area (Å²) in [6.45, 7) is 2.66. The predicted molar refractivity (Wildman–Crippen MR) is 122 cm³/mol. The van der Waals surface area contributed by atoms with Crippen LogP contribution in [0.4, 0.5) is 0 Å². The number of imidazole rings is 1. The molecule has 1 aromatic heterocycles. The van der Waals surface area contributed by atoms with Gasteiger partial charge in [0.15, 0.2) is 0 Å². The van der Waals surface area contributed by atoms with Crippen LogP contribution in [0, 0.1) is 6.92 Å². The standard InChI is InChI=1S/C25H25N3.ClH/c1-20-27-19-24(17-18-26)28(20)25(21-11-5-2-6-12-21,22-13-7-3-8-14-22)23-15-9-4-10-16-23;/h2-16,19H,17-18,26H2,1H3;1H. The van der Waals surface area contributed by atoms with Gasteiger partial charge in [-0.3, -0.25) is 0 Å². The smallest absolute Gasteiger partial charge is 0.122 e. The number of aryl methyl sites for hydroxylation is 1. The minimum Gasteiger partial charge on any atom is -0.330 e. The van der Waals surface area contributed by atoms with Gasteiger partial charge in [0.25, 0.3) is 0 Å². The Kier molecular flexibility index (Phi) is 6.53. The Morgan fingerprint density at radius 3 is 1.55 bits per heavy atom. The van der Waals surface area contributed by atoms with Crippen LogP contribution in [0.2, 0.25) is 0 Å². The van der Waals surface area contributed by atoms with E-state index in [1.807, 2.05) is 6.20 Å². The molecule has 29 heavy (non-hydrogen) atoms. The molecule has 4 heteroatoms. The van der Waals surface area contributed by atoms with Crippen molar-refractivity contribution in [1.29, 1.82) is 0 Å². The van der Waals surface area contributed by atoms with Gasteiger partial charge in [0.05, 0.1) is 0 Å². The molecule has 3 aromatic carbocycles. The van der Waals surface area contributed by atoms with E-state index in [2.05, 4.69) is 107 Å². The van der Waals surface area contributed by atoms with E-state index < -0.39 is 5.54 Å². The molecule has 0 fully saturated rings. The second-order valence-electron chi connectivity index (χ2n) is 6.98. The summed E-state index contributed by atoms with van der Waals surface area (Å²) in [4.78, 5) is 4.69. The molecule has 148 valence electrons. The van der Waals surface area contributed by atoms with Crippen molar-refractivity contribution in [3.05, 3.63) is 125 Å². The first-order chi connectivity index (χ1) is 13.8. The summed E-state index contributed by atoms with van der Waals surface area (Å²) >= 11 is 0. The predicted octanol–water partition coefficient (Wildman–Crippen LogP) is 4.95. The second kappa shape index (κ2) is 9.08. The van der Waals surface area contributed by atoms with E-state index in [1.165, 1.54) is 16.7 Å². The molecule has 0 amide bonds. The quantitative estimate of drug-likeness (QED) is 0.462. The van der Waals surface area contributed by atoms with E-state index in [9.17, 15) is 0 Å². The molecule has 0 aliphatic heterocycles. The maximum Gasteiger partial charge on any atom is 0.122 e. The van der Waals surface area contributed by atoms with Crippen molar-refractivity contribution >= 4 is 12.4 Å². The van der Waals surface area contributed by atoms with E-state index in [-0.39, 0.29) is 12.4 Å². The van der Waals surface area contributed by atoms with Gasteiger partial charge in [-0.2, -0.15) is 0 Å². The van der Waals surface area contributed by atoms with Crippen LogP contribution in [-0.2, 0) is 12.0 Å². The van der Waals surface area contributed by atoms with Crippen LogP contribution >= 0.6 is 12.4 Å². The molecule has 0 radical (unpaired) electrons. The van der Waals surface area contributed by atoms with Crippen LogP contribution < -0.4 is 5.73 Å². The molecule has 0 aliphatic carbocycles. The van der Waals surface area contributed by atoms with Crippen LogP contribution in [0.1, 0.15) is 28.2 Å². The van der Waals surface area contributed by atoms with Gasteiger partial charge < -0.3 is 10.3 Å². The molecule has 1 heterocycles. The van der Waals surface area contributed by atoms with E-state index >= 15 is 0 Å². The van der Waals surface area contributed by atoms with Gasteiger partial charge >= 0.3 is 0 Å². The summed E-state index contributed by atoms with van der Waals surface area (Å²) < 4.78 is 2.36. The Morgan fingerprint density at radius 1 is 0.759 bits per heavy atom. The molecular formula is C25H26ClN3. The van der Waals surface area contributed by atoms with Crippen molar-refractivity contribution in [3.8, 4) is 0 Å². The van der Waals surface area contributed by atoms with Crippen LogP contribution in [0.15, 0.2) is 97.2 Å². The lowest BCUT2D eigenvalue weighted by molar-refractivity contribution is 0.484. The lowest BCUT2D eigenvalue weighted by atomic mass is 9.76. The van der Waals surface area contributed by atoms with Gasteiger partial charge in [-0.15, -0.1) is 12.4 Å². The summed E-state index contributed by atoms with van der Waals surface area (Å²) in [5.74, 6) is 0.972. The van der Waals surface area contributed by atoms with Gasteiger partial charge in [-0.05, 0) is 30.2 Å². The Hall–Kier alpha value is -2.88. The first kappa shape index (κ1) is 20.8. The lowest BCUT2D eigenvalue weighted by Crippen LogP contribution is -2.39. The third kappa shape index (κ3) is 3.59. The van der Waals surface area contributed by atoms with Crippen LogP contribution in [-0.4, -0.2) is 16.1 Å². The molecule has 0 saturated heterocycles. The highest BCUT2D eigenvalue weighted by molar-refractivity contribution is 5.85. The van der Waals surface area contributed by atoms with Gasteiger partial charge in [0.1, 0.15) is 11.4 Å². The third-order valence-corrected chi connectivity index (χ3v) is 5.32. The number of rotatable bonds is 6. The Bertz CT molecular complexity index is 931. The summed E-state index contributed by atoms with van der Waals surface area (Å²) in [6.07, 6.45) is 2.74. The normalized spacial score (nSPS) is 11.1. The molecule has 0 aliphatic rings. The van der Waals surface area contributed by atoms with Crippen molar-refractivity contribution in [1.82, 2.24) is 9.55 Å². The van der Waals surface area contributed by atoms with Crippen molar-refractivity contribution < 1.29 is 0 Å². The van der Waals surface area contributed by atoms with Crippen LogP contribution in [0.3, 0.4) is 0 Å². The van der Waals surface area contributed by atoms with Gasteiger partial charge in [-0.25, -0.2) is 4.98 Å². The largest absolute Gasteiger partial charge is 0.330 e. The summed E-state index contributed by atoms with van der Waals surface area (Å²) in [5, 5.41) is 0. The van der Waals surface area contributed by atoms with Gasteiger partial charge in [0.2, 0.25) is 0 Å². The zero-order valence-electron chi connectivity index (χ0n) is 16.5. The average molecular weight is 404 g/mol. The van der Waals surface area contributed by atoms with Crippen molar-refractivity contribution in [2.24, 2.45) is 5.73 Å². The minimum absolute atomic E-state index is 0. The lowest BCUT2D eigenvalue weighted by Gasteiger charge is -2.39. The first-order valence-electron chi connectivity index (χ1n) is 9.69. The zero-order chi connectivity index (χ0) is 19.4. The monoisotopic (exact) mass is 403 g/mol. The number of hydrogen-bond acceptors (Lipinski definition) is 2. The molecule has 0 saturated carbocycles. The molecule has 3 nitrogen and oxygen atoms in total. The van der Waals surface area contributed by atoms with Gasteiger partial charge in [0, 0.05) is 18.3 Å². The number of halogens is 1. The van der Waals surface area contributed by atoms with Crippen LogP contribution in [0.25, 0.3) is 0 Å². The SMILES string of the molecule is Cc1ncc(CCN)n1C(c1ccccc1)(c1ccccc1)c1ccccc1.Cl. The highest BCUT2D eigenvalue weighted by Crippen LogP contribution is 2.42. The number of aromatic nitrogens is 2. The molecule has 4 rings (SSSR count). The fourth-order valence-corrected chi connectivity index (χ4v) is 4.20. The van der Waals surface area contributed by atoms with Crippen LogP contribution in [0.5, 0.6) is 0 Å². The average Bonchev–Trinajstić information content (AvgIpc) is 3.12. The summed E-state index contributed by atoms with van der Waals surface area (Å²) in [6, 6.07) is 32.0. The molecule has 4 aromatic rings. The fourth-order valence-electron chi connectivity index (χ4n) is 4.20. The highest BCUT2D eigenvalue weighted by atomic mass is 35.5. The van der Waals surface area contributed by atoms with Gasteiger partial charge in [-0.1, -0.05) is 91.0 Å². The topological polar surface area (TPSA) is 43.8 Å². The van der Waals surface area contributed by atoms with E-state index in [0.717, 1.165) is 17.9 Å². The van der Waals surface area contributed by atoms with E-state index in [0.29, 0.717) is 6.54 Å². The minimum atomic E-state index is -0.519. The molecular weight excluding hydrogens is 378 g/mol. The molecule has 0 unspecified atom stereocenters. The number of benzene rings is 3. The maximum atomic E-state index is 5.96.